The maximum Gasteiger partial charge on any atom is 0.274 e. The van der Waals surface area contributed by atoms with Crippen LogP contribution in [0.3, 0.4) is 0 Å². The summed E-state index contributed by atoms with van der Waals surface area (Å²) in [6.07, 6.45) is 2.17. The number of benzene rings is 1. The smallest absolute Gasteiger partial charge is 0.274 e. The lowest BCUT2D eigenvalue weighted by Crippen LogP contribution is -2.16. The van der Waals surface area contributed by atoms with E-state index in [1.54, 1.807) is 22.7 Å². The highest BCUT2D eigenvalue weighted by molar-refractivity contribution is 9.10. The molecule has 0 aliphatic rings. The summed E-state index contributed by atoms with van der Waals surface area (Å²) in [5.41, 5.74) is 1.75. The molecule has 3 aromatic rings. The van der Waals surface area contributed by atoms with Gasteiger partial charge in [0.1, 0.15) is 11.3 Å². The summed E-state index contributed by atoms with van der Waals surface area (Å²) in [4.78, 5) is 27.7. The largest absolute Gasteiger partial charge is 0.319 e. The maximum absolute atomic E-state index is 12.8. The number of nitrogens with zero attached hydrogens (tertiary/aromatic N) is 3. The molecule has 3 rings (SSSR count). The van der Waals surface area contributed by atoms with E-state index in [0.29, 0.717) is 38.6 Å². The van der Waals surface area contributed by atoms with Gasteiger partial charge in [0.05, 0.1) is 21.3 Å². The predicted octanol–water partition coefficient (Wildman–Crippen LogP) is 4.47. The van der Waals surface area contributed by atoms with Crippen molar-refractivity contribution in [2.75, 3.05) is 5.32 Å². The number of nitro benzene ring substituents is 1. The van der Waals surface area contributed by atoms with Gasteiger partial charge < -0.3 is 5.32 Å². The van der Waals surface area contributed by atoms with Crippen molar-refractivity contribution in [3.05, 3.63) is 67.5 Å². The number of aromatic nitrogens is 2. The number of rotatable bonds is 4. The number of aryl methyl sites for hydroxylation is 1. The normalized spacial score (nSPS) is 10.8. The summed E-state index contributed by atoms with van der Waals surface area (Å²) in [7, 11) is 0. The first-order chi connectivity index (χ1) is 11.9. The number of hydrogen-bond acceptors (Lipinski definition) is 4. The molecule has 1 N–H and O–H groups in total. The van der Waals surface area contributed by atoms with E-state index < -0.39 is 10.8 Å². The quantitative estimate of drug-likeness (QED) is 0.495. The third-order valence-corrected chi connectivity index (χ3v) is 4.53. The summed E-state index contributed by atoms with van der Waals surface area (Å²) < 4.78 is 2.15. The molecule has 0 atom stereocenters. The van der Waals surface area contributed by atoms with Crippen molar-refractivity contribution in [2.24, 2.45) is 0 Å². The number of carbonyl (C=O) groups excluding carboxylic acids is 1. The van der Waals surface area contributed by atoms with Gasteiger partial charge in [-0.25, -0.2) is 4.98 Å². The van der Waals surface area contributed by atoms with Gasteiger partial charge in [0, 0.05) is 22.8 Å². The van der Waals surface area contributed by atoms with Crippen molar-refractivity contribution in [1.29, 1.82) is 0 Å². The van der Waals surface area contributed by atoms with E-state index in [-0.39, 0.29) is 5.69 Å². The standard InChI is InChI=1S/C16H12BrClN4O3/c1-2-12-15(21-8-9(18)3-6-14(21)19-12)16(23)20-13-7-10(22(24)25)4-5-11(13)17/h3-8H,2H2,1H3,(H,20,23). The Kier molecular flexibility index (Phi) is 4.73. The van der Waals surface area contributed by atoms with Crippen molar-refractivity contribution in [3.8, 4) is 0 Å². The Morgan fingerprint density at radius 2 is 2.16 bits per heavy atom. The number of amides is 1. The van der Waals surface area contributed by atoms with Crippen molar-refractivity contribution >= 4 is 50.5 Å². The first-order valence-electron chi connectivity index (χ1n) is 7.32. The molecule has 9 heteroatoms. The average Bonchev–Trinajstić information content (AvgIpc) is 2.94. The van der Waals surface area contributed by atoms with Crippen molar-refractivity contribution in [1.82, 2.24) is 9.38 Å². The van der Waals surface area contributed by atoms with E-state index in [2.05, 4.69) is 26.2 Å². The number of imidazole rings is 1. The Morgan fingerprint density at radius 1 is 1.40 bits per heavy atom. The van der Waals surface area contributed by atoms with Crippen LogP contribution in [0.1, 0.15) is 23.1 Å². The summed E-state index contributed by atoms with van der Waals surface area (Å²) in [5, 5.41) is 14.1. The number of hydrogen-bond donors (Lipinski definition) is 1. The zero-order valence-corrected chi connectivity index (χ0v) is 15.3. The van der Waals surface area contributed by atoms with Crippen LogP contribution in [0.5, 0.6) is 0 Å². The molecule has 1 aromatic carbocycles. The first kappa shape index (κ1) is 17.4. The fourth-order valence-electron chi connectivity index (χ4n) is 2.46. The molecule has 0 aliphatic heterocycles. The lowest BCUT2D eigenvalue weighted by Gasteiger charge is -2.08. The summed E-state index contributed by atoms with van der Waals surface area (Å²) in [5.74, 6) is -0.423. The predicted molar refractivity (Wildman–Crippen MR) is 98.3 cm³/mol. The van der Waals surface area contributed by atoms with Gasteiger partial charge >= 0.3 is 0 Å². The Balaban J connectivity index is 2.05. The van der Waals surface area contributed by atoms with E-state index in [0.717, 1.165) is 0 Å². The molecule has 0 unspecified atom stereocenters. The molecule has 0 fully saturated rings. The van der Waals surface area contributed by atoms with Gasteiger partial charge in [-0.05, 0) is 40.5 Å². The Hall–Kier alpha value is -2.45. The summed E-state index contributed by atoms with van der Waals surface area (Å²) in [6, 6.07) is 7.58. The maximum atomic E-state index is 12.8. The fourth-order valence-corrected chi connectivity index (χ4v) is 2.96. The van der Waals surface area contributed by atoms with Gasteiger partial charge in [-0.2, -0.15) is 0 Å². The van der Waals surface area contributed by atoms with Crippen LogP contribution >= 0.6 is 27.5 Å². The molecule has 0 bridgehead atoms. The molecule has 1 amide bonds. The van der Waals surface area contributed by atoms with E-state index in [4.69, 9.17) is 11.6 Å². The van der Waals surface area contributed by atoms with E-state index in [1.807, 2.05) is 6.92 Å². The number of nitrogens with one attached hydrogen (secondary N) is 1. The van der Waals surface area contributed by atoms with Crippen molar-refractivity contribution in [2.45, 2.75) is 13.3 Å². The number of pyridine rings is 1. The third kappa shape index (κ3) is 3.35. The zero-order chi connectivity index (χ0) is 18.1. The van der Waals surface area contributed by atoms with Gasteiger partial charge in [0.2, 0.25) is 0 Å². The highest BCUT2D eigenvalue weighted by Crippen LogP contribution is 2.28. The molecule has 2 heterocycles. The van der Waals surface area contributed by atoms with Crippen LogP contribution in [0.25, 0.3) is 5.65 Å². The molecule has 0 saturated carbocycles. The second kappa shape index (κ2) is 6.81. The van der Waals surface area contributed by atoms with Crippen molar-refractivity contribution in [3.63, 3.8) is 0 Å². The highest BCUT2D eigenvalue weighted by atomic mass is 79.9. The van der Waals surface area contributed by atoms with Gasteiger partial charge in [-0.15, -0.1) is 0 Å². The molecule has 0 aliphatic carbocycles. The molecule has 2 aromatic heterocycles. The summed E-state index contributed by atoms with van der Waals surface area (Å²) in [6.45, 7) is 1.89. The fraction of sp³-hybridized carbons (Fsp3) is 0.125. The van der Waals surface area contributed by atoms with Gasteiger partial charge in [-0.3, -0.25) is 19.3 Å². The Labute approximate surface area is 155 Å². The number of fused-ring (bicyclic) bond motifs is 1. The summed E-state index contributed by atoms with van der Waals surface area (Å²) >= 11 is 9.31. The minimum atomic E-state index is -0.520. The minimum absolute atomic E-state index is 0.115. The third-order valence-electron chi connectivity index (χ3n) is 3.61. The number of non-ortho nitro benzene ring substituents is 1. The lowest BCUT2D eigenvalue weighted by atomic mass is 10.2. The van der Waals surface area contributed by atoms with Crippen LogP contribution in [0.15, 0.2) is 41.0 Å². The molecular formula is C16H12BrClN4O3. The number of nitro groups is 1. The number of anilines is 1. The van der Waals surface area contributed by atoms with Gasteiger partial charge in [-0.1, -0.05) is 18.5 Å². The minimum Gasteiger partial charge on any atom is -0.319 e. The number of halogens is 2. The monoisotopic (exact) mass is 422 g/mol. The first-order valence-corrected chi connectivity index (χ1v) is 8.49. The topological polar surface area (TPSA) is 89.5 Å². The zero-order valence-electron chi connectivity index (χ0n) is 13.0. The molecule has 0 saturated heterocycles. The van der Waals surface area contributed by atoms with Crippen LogP contribution in [-0.2, 0) is 6.42 Å². The van der Waals surface area contributed by atoms with Crippen LogP contribution in [0.2, 0.25) is 5.02 Å². The lowest BCUT2D eigenvalue weighted by molar-refractivity contribution is -0.384. The number of carbonyl (C=O) groups is 1. The molecular weight excluding hydrogens is 412 g/mol. The van der Waals surface area contributed by atoms with Crippen LogP contribution < -0.4 is 5.32 Å². The van der Waals surface area contributed by atoms with Crippen LogP contribution in [-0.4, -0.2) is 20.2 Å². The molecule has 25 heavy (non-hydrogen) atoms. The highest BCUT2D eigenvalue weighted by Gasteiger charge is 2.20. The van der Waals surface area contributed by atoms with Gasteiger partial charge in [0.25, 0.3) is 11.6 Å². The average molecular weight is 424 g/mol. The second-order valence-corrected chi connectivity index (χ2v) is 6.50. The van der Waals surface area contributed by atoms with Crippen LogP contribution in [0, 0.1) is 10.1 Å². The Bertz CT molecular complexity index is 1000. The molecule has 0 radical (unpaired) electrons. The van der Waals surface area contributed by atoms with E-state index >= 15 is 0 Å². The molecule has 128 valence electrons. The molecule has 7 nitrogen and oxygen atoms in total. The Morgan fingerprint density at radius 3 is 2.84 bits per heavy atom. The SMILES string of the molecule is CCc1nc2ccc(Cl)cn2c1C(=O)Nc1cc([N+](=O)[O-])ccc1Br. The van der Waals surface area contributed by atoms with Crippen LogP contribution in [0.4, 0.5) is 11.4 Å². The van der Waals surface area contributed by atoms with E-state index in [9.17, 15) is 14.9 Å². The molecule has 0 spiro atoms. The van der Waals surface area contributed by atoms with Gasteiger partial charge in [0.15, 0.2) is 0 Å². The second-order valence-electron chi connectivity index (χ2n) is 5.21. The van der Waals surface area contributed by atoms with Crippen molar-refractivity contribution < 1.29 is 9.72 Å². The van der Waals surface area contributed by atoms with E-state index in [1.165, 1.54) is 18.2 Å².